The van der Waals surface area contributed by atoms with Crippen molar-refractivity contribution in [2.75, 3.05) is 30.9 Å². The first kappa shape index (κ1) is 14.0. The topological polar surface area (TPSA) is 32.3 Å². The first-order valence-electron chi connectivity index (χ1n) is 5.83. The summed E-state index contributed by atoms with van der Waals surface area (Å²) in [5.41, 5.74) is 0. The number of hydrogen-bond acceptors (Lipinski definition) is 3. The van der Waals surface area contributed by atoms with Crippen LogP contribution in [0.1, 0.15) is 20.3 Å². The Morgan fingerprint density at radius 2 is 2.44 bits per heavy atom. The molecule has 3 nitrogen and oxygen atoms in total. The van der Waals surface area contributed by atoms with E-state index in [9.17, 15) is 4.79 Å². The largest absolute Gasteiger partial charge is 0.335 e. The van der Waals surface area contributed by atoms with E-state index in [2.05, 4.69) is 25.4 Å². The van der Waals surface area contributed by atoms with Gasteiger partial charge in [-0.05, 0) is 19.6 Å². The normalized spacial score (nSPS) is 22.9. The molecular weight excluding hydrogens is 240 g/mol. The molecule has 5 heteroatoms. The van der Waals surface area contributed by atoms with E-state index < -0.39 is 0 Å². The zero-order chi connectivity index (χ0) is 12.0. The van der Waals surface area contributed by atoms with Crippen LogP contribution in [0, 0.1) is 0 Å². The lowest BCUT2D eigenvalue weighted by Crippen LogP contribution is -2.49. The molecule has 2 unspecified atom stereocenters. The van der Waals surface area contributed by atoms with Gasteiger partial charge in [0.1, 0.15) is 0 Å². The lowest BCUT2D eigenvalue weighted by atomic mass is 10.3. The Labute approximate surface area is 107 Å². The molecular formula is C11H22N2OS2. The molecule has 1 N–H and O–H groups in total. The van der Waals surface area contributed by atoms with E-state index in [0.717, 1.165) is 31.0 Å². The molecule has 1 heterocycles. The number of amides is 2. The maximum Gasteiger partial charge on any atom is 0.317 e. The Bertz CT molecular complexity index is 226. The van der Waals surface area contributed by atoms with Crippen LogP contribution in [0.3, 0.4) is 0 Å². The molecule has 0 spiro atoms. The number of thioether (sulfide) groups is 2. The first-order chi connectivity index (χ1) is 7.67. The number of nitrogens with one attached hydrogen (secondary N) is 1. The molecule has 94 valence electrons. The molecule has 0 bridgehead atoms. The van der Waals surface area contributed by atoms with E-state index in [1.54, 1.807) is 11.8 Å². The van der Waals surface area contributed by atoms with Gasteiger partial charge < -0.3 is 10.2 Å². The molecule has 0 radical (unpaired) electrons. The van der Waals surface area contributed by atoms with Crippen molar-refractivity contribution in [3.05, 3.63) is 0 Å². The van der Waals surface area contributed by atoms with Crippen LogP contribution in [-0.2, 0) is 0 Å². The van der Waals surface area contributed by atoms with Crippen LogP contribution in [0.2, 0.25) is 0 Å². The van der Waals surface area contributed by atoms with E-state index in [1.165, 1.54) is 0 Å². The molecule has 16 heavy (non-hydrogen) atoms. The van der Waals surface area contributed by atoms with Crippen molar-refractivity contribution in [1.82, 2.24) is 10.2 Å². The van der Waals surface area contributed by atoms with Gasteiger partial charge in [0.25, 0.3) is 0 Å². The Hall–Kier alpha value is -0.0300. The van der Waals surface area contributed by atoms with Gasteiger partial charge in [-0.2, -0.15) is 23.5 Å². The quantitative estimate of drug-likeness (QED) is 0.843. The molecule has 0 aromatic carbocycles. The van der Waals surface area contributed by atoms with Crippen molar-refractivity contribution in [2.24, 2.45) is 0 Å². The fourth-order valence-electron chi connectivity index (χ4n) is 1.74. The van der Waals surface area contributed by atoms with E-state index in [1.807, 2.05) is 16.7 Å². The van der Waals surface area contributed by atoms with Gasteiger partial charge in [0.15, 0.2) is 0 Å². The Morgan fingerprint density at radius 1 is 1.69 bits per heavy atom. The van der Waals surface area contributed by atoms with Crippen molar-refractivity contribution < 1.29 is 4.79 Å². The molecule has 2 atom stereocenters. The van der Waals surface area contributed by atoms with Gasteiger partial charge in [0, 0.05) is 35.9 Å². The summed E-state index contributed by atoms with van der Waals surface area (Å²) in [7, 11) is 0. The summed E-state index contributed by atoms with van der Waals surface area (Å²) in [5, 5.41) is 3.67. The predicted octanol–water partition coefficient (Wildman–Crippen LogP) is 2.27. The van der Waals surface area contributed by atoms with Crippen LogP contribution >= 0.6 is 23.5 Å². The third-order valence-corrected chi connectivity index (χ3v) is 4.87. The van der Waals surface area contributed by atoms with Gasteiger partial charge in [-0.25, -0.2) is 4.79 Å². The van der Waals surface area contributed by atoms with Crippen LogP contribution < -0.4 is 5.32 Å². The highest BCUT2D eigenvalue weighted by atomic mass is 32.2. The van der Waals surface area contributed by atoms with Crippen molar-refractivity contribution in [2.45, 2.75) is 31.6 Å². The predicted molar refractivity (Wildman–Crippen MR) is 74.5 cm³/mol. The summed E-state index contributed by atoms with van der Waals surface area (Å²) < 4.78 is 0. The van der Waals surface area contributed by atoms with Crippen molar-refractivity contribution in [3.63, 3.8) is 0 Å². The summed E-state index contributed by atoms with van der Waals surface area (Å²) >= 11 is 3.75. The smallest absolute Gasteiger partial charge is 0.317 e. The van der Waals surface area contributed by atoms with Crippen LogP contribution in [-0.4, -0.2) is 53.1 Å². The minimum absolute atomic E-state index is 0.111. The number of carbonyl (C=O) groups excluding carboxylic acids is 1. The van der Waals surface area contributed by atoms with Gasteiger partial charge in [0.05, 0.1) is 0 Å². The van der Waals surface area contributed by atoms with E-state index in [-0.39, 0.29) is 12.1 Å². The summed E-state index contributed by atoms with van der Waals surface area (Å²) in [6.45, 7) is 6.04. The third kappa shape index (κ3) is 4.45. The van der Waals surface area contributed by atoms with Gasteiger partial charge in [-0.15, -0.1) is 0 Å². The van der Waals surface area contributed by atoms with Gasteiger partial charge >= 0.3 is 6.03 Å². The number of urea groups is 1. The first-order valence-corrected chi connectivity index (χ1v) is 8.27. The maximum absolute atomic E-state index is 11.9. The van der Waals surface area contributed by atoms with E-state index >= 15 is 0 Å². The zero-order valence-corrected chi connectivity index (χ0v) is 12.0. The Kier molecular flexibility index (Phi) is 6.43. The van der Waals surface area contributed by atoms with Crippen molar-refractivity contribution in [3.8, 4) is 0 Å². The standard InChI is InChI=1S/C11H22N2OS2/c1-4-10-7-13(5-6-16-10)11(14)12-9(2)8-15-3/h9-10H,4-8H2,1-3H3,(H,12,14). The molecule has 1 aliphatic heterocycles. The highest BCUT2D eigenvalue weighted by Crippen LogP contribution is 2.20. The highest BCUT2D eigenvalue weighted by Gasteiger charge is 2.23. The maximum atomic E-state index is 11.9. The molecule has 1 rings (SSSR count). The number of carbonyl (C=O) groups is 1. The fraction of sp³-hybridized carbons (Fsp3) is 0.909. The van der Waals surface area contributed by atoms with Crippen molar-refractivity contribution >= 4 is 29.6 Å². The second kappa shape index (κ2) is 7.33. The van der Waals surface area contributed by atoms with E-state index in [0.29, 0.717) is 5.25 Å². The fourth-order valence-corrected chi connectivity index (χ4v) is 3.51. The number of nitrogens with zero attached hydrogens (tertiary/aromatic N) is 1. The van der Waals surface area contributed by atoms with Crippen molar-refractivity contribution in [1.29, 1.82) is 0 Å². The number of rotatable bonds is 4. The lowest BCUT2D eigenvalue weighted by molar-refractivity contribution is 0.197. The van der Waals surface area contributed by atoms with Crippen LogP contribution in [0.25, 0.3) is 0 Å². The second-order valence-electron chi connectivity index (χ2n) is 4.15. The minimum Gasteiger partial charge on any atom is -0.335 e. The lowest BCUT2D eigenvalue weighted by Gasteiger charge is -2.32. The molecule has 1 fully saturated rings. The monoisotopic (exact) mass is 262 g/mol. The van der Waals surface area contributed by atoms with Gasteiger partial charge in [0.2, 0.25) is 0 Å². The summed E-state index contributed by atoms with van der Waals surface area (Å²) in [5.74, 6) is 2.05. The molecule has 0 aromatic rings. The number of hydrogen-bond donors (Lipinski definition) is 1. The SMILES string of the molecule is CCC1CN(C(=O)NC(C)CSC)CCS1. The van der Waals surface area contributed by atoms with Crippen LogP contribution in [0.15, 0.2) is 0 Å². The molecule has 0 aliphatic carbocycles. The summed E-state index contributed by atoms with van der Waals surface area (Å²) in [6, 6.07) is 0.373. The minimum atomic E-state index is 0.111. The van der Waals surface area contributed by atoms with Gasteiger partial charge in [-0.1, -0.05) is 6.92 Å². The van der Waals surface area contributed by atoms with Gasteiger partial charge in [-0.3, -0.25) is 0 Å². The zero-order valence-electron chi connectivity index (χ0n) is 10.4. The summed E-state index contributed by atoms with van der Waals surface area (Å²) in [4.78, 5) is 13.9. The van der Waals surface area contributed by atoms with Crippen LogP contribution in [0.4, 0.5) is 4.79 Å². The average molecular weight is 262 g/mol. The molecule has 1 saturated heterocycles. The van der Waals surface area contributed by atoms with Crippen LogP contribution in [0.5, 0.6) is 0 Å². The second-order valence-corrected chi connectivity index (χ2v) is 6.47. The van der Waals surface area contributed by atoms with E-state index in [4.69, 9.17) is 0 Å². The Balaban J connectivity index is 2.35. The molecule has 0 aromatic heterocycles. The molecule has 1 aliphatic rings. The third-order valence-electron chi connectivity index (χ3n) is 2.67. The highest BCUT2D eigenvalue weighted by molar-refractivity contribution is 8.00. The molecule has 0 saturated carbocycles. The summed E-state index contributed by atoms with van der Waals surface area (Å²) in [6.07, 6.45) is 3.21. The Morgan fingerprint density at radius 3 is 3.06 bits per heavy atom. The molecule has 2 amide bonds. The average Bonchev–Trinajstić information content (AvgIpc) is 2.29.